The van der Waals surface area contributed by atoms with Crippen molar-refractivity contribution < 1.29 is 13.3 Å². The van der Waals surface area contributed by atoms with Crippen molar-refractivity contribution in [3.8, 4) is 0 Å². The van der Waals surface area contributed by atoms with Crippen LogP contribution < -0.4 is 14.5 Å². The highest BCUT2D eigenvalue weighted by Gasteiger charge is 2.28. The number of nitrogens with zero attached hydrogens (tertiary/aromatic N) is 1. The van der Waals surface area contributed by atoms with E-state index in [2.05, 4.69) is 33.9 Å². The van der Waals surface area contributed by atoms with Crippen LogP contribution >= 0.6 is 0 Å². The van der Waals surface area contributed by atoms with Gasteiger partial charge in [0.1, 0.15) is 6.04 Å². The normalized spacial score (nSPS) is 17.3. The number of anilines is 1. The average molecular weight is 341 g/mol. The Morgan fingerprint density at radius 2 is 1.78 bits per heavy atom. The third kappa shape index (κ3) is 5.19. The fourth-order valence-corrected chi connectivity index (χ4v) is 4.33. The predicted octanol–water partition coefficient (Wildman–Crippen LogP) is 0.802. The number of hydrogen-bond acceptors (Lipinski definition) is 3. The molecule has 1 heterocycles. The zero-order chi connectivity index (χ0) is 16.9. The molecule has 5 nitrogen and oxygen atoms in total. The number of nitrogens with one attached hydrogen (secondary N) is 2. The van der Waals surface area contributed by atoms with Crippen molar-refractivity contribution in [1.29, 1.82) is 0 Å². The number of quaternary nitrogens is 1. The fourth-order valence-electron chi connectivity index (χ4n) is 3.23. The Morgan fingerprint density at radius 1 is 1.17 bits per heavy atom. The molecule has 2 N–H and O–H groups in total. The Morgan fingerprint density at radius 3 is 2.30 bits per heavy atom. The average Bonchev–Trinajstić information content (AvgIpc) is 3.02. The zero-order valence-electron chi connectivity index (χ0n) is 14.5. The minimum atomic E-state index is -3.16. The molecule has 0 amide bonds. The second kappa shape index (κ2) is 8.13. The van der Waals surface area contributed by atoms with E-state index in [0.29, 0.717) is 13.0 Å². The van der Waals surface area contributed by atoms with E-state index in [-0.39, 0.29) is 11.8 Å². The molecule has 23 heavy (non-hydrogen) atoms. The van der Waals surface area contributed by atoms with E-state index < -0.39 is 10.0 Å². The minimum Gasteiger partial charge on any atom is -0.378 e. The summed E-state index contributed by atoms with van der Waals surface area (Å²) in [6.07, 6.45) is 3.10. The number of rotatable bonds is 8. The molecular weight excluding hydrogens is 310 g/mol. The van der Waals surface area contributed by atoms with Crippen molar-refractivity contribution in [1.82, 2.24) is 4.72 Å². The minimum absolute atomic E-state index is 0.195. The molecule has 6 heteroatoms. The summed E-state index contributed by atoms with van der Waals surface area (Å²) in [7, 11) is 0.892. The molecule has 1 aromatic rings. The van der Waals surface area contributed by atoms with Gasteiger partial charge in [0, 0.05) is 38.2 Å². The van der Waals surface area contributed by atoms with Gasteiger partial charge in [0.05, 0.1) is 25.4 Å². The standard InChI is InChI=1S/C17H29N3O2S/c1-4-13-23(21,22)18-14-17(20-11-5-6-12-20)15-7-9-16(10-8-15)19(2)3/h7-10,17-18H,4-6,11-14H2,1-3H3/p+1/t17-/m1/s1. The van der Waals surface area contributed by atoms with Gasteiger partial charge in [-0.2, -0.15) is 0 Å². The van der Waals surface area contributed by atoms with Gasteiger partial charge in [0.25, 0.3) is 0 Å². The van der Waals surface area contributed by atoms with Crippen LogP contribution in [0.4, 0.5) is 5.69 Å². The number of benzene rings is 1. The highest BCUT2D eigenvalue weighted by atomic mass is 32.2. The molecular formula is C17H30N3O2S+. The lowest BCUT2D eigenvalue weighted by molar-refractivity contribution is -0.918. The molecule has 0 saturated carbocycles. The summed E-state index contributed by atoms with van der Waals surface area (Å²) in [4.78, 5) is 3.56. The van der Waals surface area contributed by atoms with Crippen molar-refractivity contribution >= 4 is 15.7 Å². The Hall–Kier alpha value is -1.11. The maximum atomic E-state index is 12.0. The van der Waals surface area contributed by atoms with Crippen molar-refractivity contribution in [2.24, 2.45) is 0 Å². The molecule has 130 valence electrons. The molecule has 1 aliphatic rings. The van der Waals surface area contributed by atoms with Crippen LogP contribution in [-0.4, -0.2) is 47.9 Å². The Kier molecular flexibility index (Phi) is 6.44. The molecule has 0 aliphatic carbocycles. The zero-order valence-corrected chi connectivity index (χ0v) is 15.3. The largest absolute Gasteiger partial charge is 0.378 e. The van der Waals surface area contributed by atoms with E-state index in [9.17, 15) is 8.42 Å². The Bertz CT molecular complexity index is 578. The second-order valence-corrected chi connectivity index (χ2v) is 8.50. The first kappa shape index (κ1) is 18.2. The number of likely N-dealkylation sites (tertiary alicyclic amines) is 1. The Labute approximate surface area is 140 Å². The third-order valence-electron chi connectivity index (χ3n) is 4.53. The first-order chi connectivity index (χ1) is 10.9. The monoisotopic (exact) mass is 340 g/mol. The highest BCUT2D eigenvalue weighted by molar-refractivity contribution is 7.89. The van der Waals surface area contributed by atoms with E-state index in [1.807, 2.05) is 21.0 Å². The summed E-state index contributed by atoms with van der Waals surface area (Å²) in [6.45, 7) is 4.62. The summed E-state index contributed by atoms with van der Waals surface area (Å²) in [6, 6.07) is 8.69. The lowest BCUT2D eigenvalue weighted by Gasteiger charge is -2.26. The molecule has 2 rings (SSSR count). The summed E-state index contributed by atoms with van der Waals surface area (Å²) in [5.41, 5.74) is 2.38. The van der Waals surface area contributed by atoms with Gasteiger partial charge in [0.15, 0.2) is 0 Å². The molecule has 1 fully saturated rings. The van der Waals surface area contributed by atoms with Crippen LogP contribution in [0.1, 0.15) is 37.8 Å². The van der Waals surface area contributed by atoms with Gasteiger partial charge >= 0.3 is 0 Å². The topological polar surface area (TPSA) is 53.9 Å². The van der Waals surface area contributed by atoms with Crippen LogP contribution in [0.2, 0.25) is 0 Å². The van der Waals surface area contributed by atoms with Crippen LogP contribution in [0, 0.1) is 0 Å². The maximum absolute atomic E-state index is 12.0. The van der Waals surface area contributed by atoms with Crippen molar-refractivity contribution in [3.05, 3.63) is 29.8 Å². The summed E-state index contributed by atoms with van der Waals surface area (Å²) in [5, 5.41) is 0. The molecule has 1 aromatic carbocycles. The summed E-state index contributed by atoms with van der Waals surface area (Å²) < 4.78 is 26.8. The van der Waals surface area contributed by atoms with Crippen LogP contribution in [-0.2, 0) is 10.0 Å². The third-order valence-corrected chi connectivity index (χ3v) is 6.08. The van der Waals surface area contributed by atoms with Gasteiger partial charge in [-0.15, -0.1) is 0 Å². The van der Waals surface area contributed by atoms with E-state index in [4.69, 9.17) is 0 Å². The summed E-state index contributed by atoms with van der Waals surface area (Å²) in [5.74, 6) is 0.203. The van der Waals surface area contributed by atoms with Gasteiger partial charge in [-0.1, -0.05) is 19.1 Å². The molecule has 1 aliphatic heterocycles. The SMILES string of the molecule is CCCS(=O)(=O)NC[C@H](c1ccc(N(C)C)cc1)[NH+]1CCCC1. The maximum Gasteiger partial charge on any atom is 0.211 e. The predicted molar refractivity (Wildman–Crippen MR) is 95.5 cm³/mol. The summed E-state index contributed by atoms with van der Waals surface area (Å²) >= 11 is 0. The number of sulfonamides is 1. The first-order valence-electron chi connectivity index (χ1n) is 8.52. The van der Waals surface area contributed by atoms with Crippen LogP contribution in [0.25, 0.3) is 0 Å². The molecule has 0 unspecified atom stereocenters. The molecule has 0 aromatic heterocycles. The lowest BCUT2D eigenvalue weighted by atomic mass is 10.1. The van der Waals surface area contributed by atoms with E-state index in [1.165, 1.54) is 23.3 Å². The first-order valence-corrected chi connectivity index (χ1v) is 10.2. The van der Waals surface area contributed by atoms with Crippen molar-refractivity contribution in [2.45, 2.75) is 32.2 Å². The van der Waals surface area contributed by atoms with Crippen LogP contribution in [0.3, 0.4) is 0 Å². The van der Waals surface area contributed by atoms with Crippen molar-refractivity contribution in [3.63, 3.8) is 0 Å². The smallest absolute Gasteiger partial charge is 0.211 e. The van der Waals surface area contributed by atoms with Gasteiger partial charge < -0.3 is 9.80 Å². The Balaban J connectivity index is 2.13. The highest BCUT2D eigenvalue weighted by Crippen LogP contribution is 2.17. The van der Waals surface area contributed by atoms with Crippen LogP contribution in [0.5, 0.6) is 0 Å². The van der Waals surface area contributed by atoms with Gasteiger partial charge in [-0.05, 0) is 18.6 Å². The van der Waals surface area contributed by atoms with Crippen LogP contribution in [0.15, 0.2) is 24.3 Å². The van der Waals surface area contributed by atoms with Gasteiger partial charge in [-0.3, -0.25) is 0 Å². The van der Waals surface area contributed by atoms with E-state index in [1.54, 1.807) is 0 Å². The lowest BCUT2D eigenvalue weighted by Crippen LogP contribution is -3.11. The van der Waals surface area contributed by atoms with Gasteiger partial charge in [-0.25, -0.2) is 13.1 Å². The molecule has 0 radical (unpaired) electrons. The second-order valence-electron chi connectivity index (χ2n) is 6.57. The number of hydrogen-bond donors (Lipinski definition) is 2. The molecule has 0 bridgehead atoms. The fraction of sp³-hybridized carbons (Fsp3) is 0.647. The van der Waals surface area contributed by atoms with Gasteiger partial charge in [0.2, 0.25) is 10.0 Å². The van der Waals surface area contributed by atoms with E-state index >= 15 is 0 Å². The molecule has 1 saturated heterocycles. The van der Waals surface area contributed by atoms with E-state index in [0.717, 1.165) is 18.8 Å². The molecule has 1 atom stereocenters. The quantitative estimate of drug-likeness (QED) is 0.736. The molecule has 0 spiro atoms. The van der Waals surface area contributed by atoms with Crippen molar-refractivity contribution in [2.75, 3.05) is 44.4 Å².